The fourth-order valence-electron chi connectivity index (χ4n) is 3.74. The largest absolute Gasteiger partial charge is 0.466 e. The molecule has 2 heterocycles. The first-order chi connectivity index (χ1) is 15.7. The second-order valence-corrected chi connectivity index (χ2v) is 8.11. The molecule has 5 amide bonds. The van der Waals surface area contributed by atoms with Gasteiger partial charge in [0.25, 0.3) is 5.91 Å². The van der Waals surface area contributed by atoms with E-state index in [1.54, 1.807) is 19.9 Å². The average Bonchev–Trinajstić information content (AvgIpc) is 3.18. The molecule has 0 radical (unpaired) electrons. The summed E-state index contributed by atoms with van der Waals surface area (Å²) in [5.41, 5.74) is -2.46. The molecule has 9 nitrogen and oxygen atoms in total. The molecule has 0 spiro atoms. The Morgan fingerprint density at radius 3 is 2.44 bits per heavy atom. The summed E-state index contributed by atoms with van der Waals surface area (Å²) >= 11 is 0. The van der Waals surface area contributed by atoms with Gasteiger partial charge in [0, 0.05) is 12.6 Å². The lowest BCUT2D eigenvalue weighted by atomic mass is 9.92. The molecular formula is C22H23F3N4O5. The molecule has 0 bridgehead atoms. The molecule has 1 aromatic heterocycles. The number of alkyl halides is 3. The molecule has 1 aliphatic heterocycles. The van der Waals surface area contributed by atoms with Crippen LogP contribution in [0.1, 0.15) is 29.6 Å². The van der Waals surface area contributed by atoms with Crippen molar-refractivity contribution < 1.29 is 36.8 Å². The van der Waals surface area contributed by atoms with E-state index >= 15 is 0 Å². The number of nitrogens with zero attached hydrogens (tertiary/aromatic N) is 2. The fourth-order valence-corrected chi connectivity index (χ4v) is 3.74. The van der Waals surface area contributed by atoms with E-state index in [2.05, 4.69) is 10.6 Å². The minimum Gasteiger partial charge on any atom is -0.466 e. The highest BCUT2D eigenvalue weighted by Gasteiger charge is 2.51. The van der Waals surface area contributed by atoms with Gasteiger partial charge in [-0.3, -0.25) is 19.3 Å². The first-order valence-electron chi connectivity index (χ1n) is 10.2. The number of urea groups is 1. The molecule has 34 heavy (non-hydrogen) atoms. The Balaban J connectivity index is 1.66. The molecule has 12 heteroatoms. The van der Waals surface area contributed by atoms with Crippen molar-refractivity contribution in [1.29, 1.82) is 0 Å². The number of rotatable bonds is 6. The molecule has 1 aliphatic rings. The normalized spacial score (nSPS) is 18.1. The number of para-hydroxylation sites is 1. The van der Waals surface area contributed by atoms with Crippen LogP contribution in [0.25, 0.3) is 0 Å². The van der Waals surface area contributed by atoms with Gasteiger partial charge in [0.2, 0.25) is 11.8 Å². The third kappa shape index (κ3) is 4.75. The van der Waals surface area contributed by atoms with Crippen LogP contribution in [0, 0.1) is 13.8 Å². The van der Waals surface area contributed by atoms with Crippen LogP contribution in [0.3, 0.4) is 0 Å². The lowest BCUT2D eigenvalue weighted by Gasteiger charge is -2.22. The number of furan rings is 1. The number of benzene rings is 1. The Morgan fingerprint density at radius 1 is 1.21 bits per heavy atom. The van der Waals surface area contributed by atoms with Gasteiger partial charge in [-0.15, -0.1) is 0 Å². The first-order valence-corrected chi connectivity index (χ1v) is 10.2. The SMILES string of the molecule is Cc1cc(C2(C)NC(=O)N(CC(=O)N(C)CC(=O)Nc3ccccc3C(F)(F)F)C2=O)c(C)o1. The molecule has 0 aliphatic carbocycles. The molecule has 0 saturated carbocycles. The van der Waals surface area contributed by atoms with E-state index in [-0.39, 0.29) is 0 Å². The van der Waals surface area contributed by atoms with Crippen LogP contribution < -0.4 is 10.6 Å². The fraction of sp³-hybridized carbons (Fsp3) is 0.364. The Bertz CT molecular complexity index is 1160. The van der Waals surface area contributed by atoms with Gasteiger partial charge in [-0.25, -0.2) is 4.79 Å². The van der Waals surface area contributed by atoms with Crippen molar-refractivity contribution in [3.05, 3.63) is 53.0 Å². The highest BCUT2D eigenvalue weighted by atomic mass is 19.4. The number of imide groups is 1. The van der Waals surface area contributed by atoms with Gasteiger partial charge < -0.3 is 20.0 Å². The number of carbonyl (C=O) groups is 4. The van der Waals surface area contributed by atoms with Gasteiger partial charge >= 0.3 is 12.2 Å². The highest BCUT2D eigenvalue weighted by molar-refractivity contribution is 6.09. The lowest BCUT2D eigenvalue weighted by Crippen LogP contribution is -2.45. The number of anilines is 1. The monoisotopic (exact) mass is 480 g/mol. The molecule has 1 atom stereocenters. The van der Waals surface area contributed by atoms with Gasteiger partial charge in [0.1, 0.15) is 23.6 Å². The van der Waals surface area contributed by atoms with E-state index in [1.165, 1.54) is 26.1 Å². The topological polar surface area (TPSA) is 112 Å². The van der Waals surface area contributed by atoms with Crippen molar-refractivity contribution in [2.24, 2.45) is 0 Å². The maximum atomic E-state index is 13.1. The lowest BCUT2D eigenvalue weighted by molar-refractivity contribution is -0.139. The summed E-state index contributed by atoms with van der Waals surface area (Å²) in [6.07, 6.45) is -4.67. The van der Waals surface area contributed by atoms with Gasteiger partial charge in [-0.1, -0.05) is 12.1 Å². The number of hydrogen-bond acceptors (Lipinski definition) is 5. The van der Waals surface area contributed by atoms with Gasteiger partial charge in [0.05, 0.1) is 17.8 Å². The standard InChI is InChI=1S/C22H23F3N4O5/c1-12-9-15(13(2)34-12)21(3)19(32)29(20(33)27-21)11-18(31)28(4)10-17(30)26-16-8-6-5-7-14(16)22(23,24)25/h5-9H,10-11H2,1-4H3,(H,26,30)(H,27,33). The van der Waals surface area contributed by atoms with E-state index in [9.17, 15) is 32.3 Å². The molecule has 1 unspecified atom stereocenters. The number of nitrogens with one attached hydrogen (secondary N) is 2. The van der Waals surface area contributed by atoms with Crippen molar-refractivity contribution in [3.63, 3.8) is 0 Å². The summed E-state index contributed by atoms with van der Waals surface area (Å²) < 4.78 is 44.8. The number of hydrogen-bond donors (Lipinski definition) is 2. The summed E-state index contributed by atoms with van der Waals surface area (Å²) in [5.74, 6) is -1.32. The van der Waals surface area contributed by atoms with Gasteiger partial charge in [-0.2, -0.15) is 13.2 Å². The molecule has 182 valence electrons. The third-order valence-electron chi connectivity index (χ3n) is 5.46. The second-order valence-electron chi connectivity index (χ2n) is 8.11. The number of likely N-dealkylation sites (N-methyl/N-ethyl adjacent to an activating group) is 1. The van der Waals surface area contributed by atoms with Crippen molar-refractivity contribution >= 4 is 29.4 Å². The molecule has 3 rings (SSSR count). The van der Waals surface area contributed by atoms with Crippen molar-refractivity contribution in [2.75, 3.05) is 25.5 Å². The van der Waals surface area contributed by atoms with Crippen molar-refractivity contribution in [3.8, 4) is 0 Å². The number of aryl methyl sites for hydroxylation is 2. The summed E-state index contributed by atoms with van der Waals surface area (Å²) in [7, 11) is 1.23. The van der Waals surface area contributed by atoms with Gasteiger partial charge in [-0.05, 0) is 39.0 Å². The van der Waals surface area contributed by atoms with Crippen LogP contribution in [0.15, 0.2) is 34.7 Å². The minimum absolute atomic E-state index is 0.440. The summed E-state index contributed by atoms with van der Waals surface area (Å²) in [5, 5.41) is 4.69. The maximum absolute atomic E-state index is 13.1. The van der Waals surface area contributed by atoms with E-state index in [4.69, 9.17) is 4.42 Å². The number of amides is 5. The quantitative estimate of drug-likeness (QED) is 0.618. The maximum Gasteiger partial charge on any atom is 0.418 e. The molecular weight excluding hydrogens is 457 g/mol. The molecule has 2 aromatic rings. The van der Waals surface area contributed by atoms with Gasteiger partial charge in [0.15, 0.2) is 0 Å². The minimum atomic E-state index is -4.67. The molecule has 1 saturated heterocycles. The van der Waals surface area contributed by atoms with Crippen LogP contribution in [0.2, 0.25) is 0 Å². The zero-order valence-electron chi connectivity index (χ0n) is 18.9. The Labute approximate surface area is 192 Å². The third-order valence-corrected chi connectivity index (χ3v) is 5.46. The highest BCUT2D eigenvalue weighted by Crippen LogP contribution is 2.35. The average molecular weight is 480 g/mol. The van der Waals surface area contributed by atoms with E-state index < -0.39 is 59.8 Å². The molecule has 1 fully saturated rings. The summed E-state index contributed by atoms with van der Waals surface area (Å²) in [6, 6.07) is 5.26. The summed E-state index contributed by atoms with van der Waals surface area (Å²) in [4.78, 5) is 51.9. The van der Waals surface area contributed by atoms with Crippen LogP contribution in [-0.4, -0.2) is 53.7 Å². The Hall–Kier alpha value is -3.83. The van der Waals surface area contributed by atoms with Crippen molar-refractivity contribution in [1.82, 2.24) is 15.1 Å². The Kier molecular flexibility index (Phi) is 6.45. The van der Waals surface area contributed by atoms with Crippen molar-refractivity contribution in [2.45, 2.75) is 32.5 Å². The van der Waals surface area contributed by atoms with Crippen LogP contribution >= 0.6 is 0 Å². The van der Waals surface area contributed by atoms with E-state index in [0.717, 1.165) is 21.9 Å². The van der Waals surface area contributed by atoms with Crippen LogP contribution in [0.5, 0.6) is 0 Å². The number of carbonyl (C=O) groups excluding carboxylic acids is 4. The smallest absolute Gasteiger partial charge is 0.418 e. The van der Waals surface area contributed by atoms with Crippen LogP contribution in [0.4, 0.5) is 23.7 Å². The zero-order chi connectivity index (χ0) is 25.4. The van der Waals surface area contributed by atoms with Crippen LogP contribution in [-0.2, 0) is 26.1 Å². The van der Waals surface area contributed by atoms with E-state index in [0.29, 0.717) is 17.1 Å². The molecule has 1 aromatic carbocycles. The zero-order valence-corrected chi connectivity index (χ0v) is 18.9. The first kappa shape index (κ1) is 24.8. The predicted octanol–water partition coefficient (Wildman–Crippen LogP) is 2.78. The predicted molar refractivity (Wildman–Crippen MR) is 113 cm³/mol. The Morgan fingerprint density at radius 2 is 1.85 bits per heavy atom. The second kappa shape index (κ2) is 8.84. The van der Waals surface area contributed by atoms with E-state index in [1.807, 2.05) is 0 Å². The molecule has 2 N–H and O–H groups in total. The summed E-state index contributed by atoms with van der Waals surface area (Å²) in [6.45, 7) is 3.58. The number of halogens is 3.